The van der Waals surface area contributed by atoms with E-state index in [1.807, 2.05) is 19.0 Å². The number of hydrogen-bond donors (Lipinski definition) is 1. The van der Waals surface area contributed by atoms with Crippen LogP contribution >= 0.6 is 22.7 Å². The van der Waals surface area contributed by atoms with Crippen molar-refractivity contribution in [1.29, 1.82) is 0 Å². The zero-order valence-electron chi connectivity index (χ0n) is 9.80. The van der Waals surface area contributed by atoms with Gasteiger partial charge in [0.25, 0.3) is 0 Å². The van der Waals surface area contributed by atoms with Gasteiger partial charge < -0.3 is 15.0 Å². The lowest BCUT2D eigenvalue weighted by molar-refractivity contribution is 0.397. The normalized spacial score (nSPS) is 10.3. The lowest BCUT2D eigenvalue weighted by Crippen LogP contribution is -2.07. The van der Waals surface area contributed by atoms with Gasteiger partial charge in [0.15, 0.2) is 5.13 Å². The summed E-state index contributed by atoms with van der Waals surface area (Å²) in [5, 5.41) is 12.6. The van der Waals surface area contributed by atoms with Gasteiger partial charge in [-0.1, -0.05) is 22.7 Å². The standard InChI is InChI=1S/C9H13N5OS2/c1-14(2)9-12-7(15-3)6(17-9)4-10-8-13-11-5-16-8/h5H,4H2,1-3H3,(H,10,13). The fourth-order valence-corrected chi connectivity index (χ4v) is 2.53. The van der Waals surface area contributed by atoms with E-state index in [1.165, 1.54) is 11.3 Å². The van der Waals surface area contributed by atoms with Crippen molar-refractivity contribution in [1.82, 2.24) is 15.2 Å². The second-order valence-corrected chi connectivity index (χ2v) is 5.32. The van der Waals surface area contributed by atoms with Crippen LogP contribution in [0.15, 0.2) is 5.51 Å². The molecule has 0 fully saturated rings. The highest BCUT2D eigenvalue weighted by Gasteiger charge is 2.13. The highest BCUT2D eigenvalue weighted by molar-refractivity contribution is 7.16. The van der Waals surface area contributed by atoms with E-state index in [0.717, 1.165) is 15.1 Å². The van der Waals surface area contributed by atoms with Gasteiger partial charge in [-0.05, 0) is 0 Å². The number of rotatable bonds is 5. The highest BCUT2D eigenvalue weighted by Crippen LogP contribution is 2.30. The molecule has 1 N–H and O–H groups in total. The molecule has 0 unspecified atom stereocenters. The first-order valence-electron chi connectivity index (χ1n) is 4.91. The van der Waals surface area contributed by atoms with Crippen LogP contribution in [0.5, 0.6) is 5.88 Å². The molecule has 0 saturated carbocycles. The Bertz CT molecular complexity index is 468. The van der Waals surface area contributed by atoms with E-state index in [-0.39, 0.29) is 0 Å². The summed E-state index contributed by atoms with van der Waals surface area (Å²) in [7, 11) is 5.55. The molecule has 0 amide bonds. The number of thiazole rings is 1. The Morgan fingerprint density at radius 1 is 1.47 bits per heavy atom. The Morgan fingerprint density at radius 3 is 2.88 bits per heavy atom. The SMILES string of the molecule is COc1nc(N(C)C)sc1CNc1nncs1. The summed E-state index contributed by atoms with van der Waals surface area (Å²) in [6, 6.07) is 0. The van der Waals surface area contributed by atoms with Gasteiger partial charge in [0.2, 0.25) is 11.0 Å². The van der Waals surface area contributed by atoms with Crippen LogP contribution < -0.4 is 15.0 Å². The third-order valence-corrected chi connectivity index (χ3v) is 3.84. The zero-order valence-corrected chi connectivity index (χ0v) is 11.4. The first-order valence-corrected chi connectivity index (χ1v) is 6.61. The van der Waals surface area contributed by atoms with E-state index < -0.39 is 0 Å². The van der Waals surface area contributed by atoms with Gasteiger partial charge in [-0.2, -0.15) is 4.98 Å². The van der Waals surface area contributed by atoms with Crippen molar-refractivity contribution < 1.29 is 4.74 Å². The second-order valence-electron chi connectivity index (χ2n) is 3.42. The molecule has 0 radical (unpaired) electrons. The van der Waals surface area contributed by atoms with E-state index in [9.17, 15) is 0 Å². The highest BCUT2D eigenvalue weighted by atomic mass is 32.1. The Kier molecular flexibility index (Phi) is 3.75. The quantitative estimate of drug-likeness (QED) is 0.892. The molecule has 2 aromatic heterocycles. The number of nitrogens with one attached hydrogen (secondary N) is 1. The second kappa shape index (κ2) is 5.28. The number of anilines is 2. The average Bonchev–Trinajstić information content (AvgIpc) is 2.95. The summed E-state index contributed by atoms with van der Waals surface area (Å²) in [5.41, 5.74) is 1.69. The molecule has 0 aliphatic carbocycles. The first-order chi connectivity index (χ1) is 8.20. The third-order valence-electron chi connectivity index (χ3n) is 1.99. The molecule has 0 bridgehead atoms. The minimum Gasteiger partial charge on any atom is -0.480 e. The summed E-state index contributed by atoms with van der Waals surface area (Å²) >= 11 is 3.07. The summed E-state index contributed by atoms with van der Waals surface area (Å²) in [6.45, 7) is 0.643. The molecule has 0 saturated heterocycles. The molecule has 0 aliphatic rings. The monoisotopic (exact) mass is 271 g/mol. The van der Waals surface area contributed by atoms with Gasteiger partial charge in [0, 0.05) is 14.1 Å². The van der Waals surface area contributed by atoms with E-state index in [1.54, 1.807) is 24.0 Å². The molecule has 2 heterocycles. The van der Waals surface area contributed by atoms with Gasteiger partial charge in [0.05, 0.1) is 18.5 Å². The largest absolute Gasteiger partial charge is 0.480 e. The molecule has 8 heteroatoms. The number of methoxy groups -OCH3 is 1. The molecule has 0 atom stereocenters. The van der Waals surface area contributed by atoms with E-state index in [4.69, 9.17) is 4.74 Å². The smallest absolute Gasteiger partial charge is 0.231 e. The van der Waals surface area contributed by atoms with Gasteiger partial charge in [-0.25, -0.2) is 0 Å². The number of hydrogen-bond acceptors (Lipinski definition) is 8. The van der Waals surface area contributed by atoms with Crippen molar-refractivity contribution in [3.63, 3.8) is 0 Å². The topological polar surface area (TPSA) is 63.2 Å². The van der Waals surface area contributed by atoms with E-state index in [0.29, 0.717) is 12.4 Å². The lowest BCUT2D eigenvalue weighted by Gasteiger charge is -2.04. The number of ether oxygens (including phenoxy) is 1. The van der Waals surface area contributed by atoms with Crippen LogP contribution in [0.3, 0.4) is 0 Å². The van der Waals surface area contributed by atoms with E-state index in [2.05, 4.69) is 20.5 Å². The van der Waals surface area contributed by atoms with Crippen LogP contribution in [0.2, 0.25) is 0 Å². The van der Waals surface area contributed by atoms with Crippen molar-refractivity contribution in [2.45, 2.75) is 6.54 Å². The average molecular weight is 271 g/mol. The van der Waals surface area contributed by atoms with Crippen LogP contribution in [0.25, 0.3) is 0 Å². The van der Waals surface area contributed by atoms with Crippen LogP contribution in [0.4, 0.5) is 10.3 Å². The van der Waals surface area contributed by atoms with Crippen molar-refractivity contribution in [2.75, 3.05) is 31.4 Å². The maximum Gasteiger partial charge on any atom is 0.231 e. The fraction of sp³-hybridized carbons (Fsp3) is 0.444. The summed E-state index contributed by atoms with van der Waals surface area (Å²) in [4.78, 5) is 7.39. The minimum absolute atomic E-state index is 0.643. The first kappa shape index (κ1) is 12.1. The zero-order chi connectivity index (χ0) is 12.3. The Hall–Kier alpha value is -1.41. The van der Waals surface area contributed by atoms with Crippen LogP contribution in [0.1, 0.15) is 4.88 Å². The summed E-state index contributed by atoms with van der Waals surface area (Å²) in [5.74, 6) is 0.663. The van der Waals surface area contributed by atoms with Crippen LogP contribution in [-0.4, -0.2) is 36.4 Å². The molecule has 17 heavy (non-hydrogen) atoms. The molecule has 2 rings (SSSR count). The molecule has 0 aliphatic heterocycles. The molecule has 6 nitrogen and oxygen atoms in total. The van der Waals surface area contributed by atoms with Crippen molar-refractivity contribution in [2.24, 2.45) is 0 Å². The van der Waals surface area contributed by atoms with Crippen LogP contribution in [0, 0.1) is 0 Å². The van der Waals surface area contributed by atoms with Crippen molar-refractivity contribution in [3.05, 3.63) is 10.4 Å². The fourth-order valence-electron chi connectivity index (χ4n) is 1.19. The molecular formula is C9H13N5OS2. The molecule has 92 valence electrons. The van der Waals surface area contributed by atoms with Crippen molar-refractivity contribution in [3.8, 4) is 5.88 Å². The van der Waals surface area contributed by atoms with Gasteiger partial charge in [0.1, 0.15) is 5.51 Å². The minimum atomic E-state index is 0.643. The predicted molar refractivity (Wildman–Crippen MR) is 70.2 cm³/mol. The van der Waals surface area contributed by atoms with Crippen LogP contribution in [-0.2, 0) is 6.54 Å². The lowest BCUT2D eigenvalue weighted by atomic mass is 10.5. The number of aromatic nitrogens is 3. The summed E-state index contributed by atoms with van der Waals surface area (Å²) in [6.07, 6.45) is 0. The summed E-state index contributed by atoms with van der Waals surface area (Å²) < 4.78 is 5.25. The Labute approximate surface area is 107 Å². The molecule has 0 spiro atoms. The van der Waals surface area contributed by atoms with Gasteiger partial charge in [-0.3, -0.25) is 0 Å². The number of nitrogens with zero attached hydrogens (tertiary/aromatic N) is 4. The third kappa shape index (κ3) is 2.83. The van der Waals surface area contributed by atoms with Gasteiger partial charge in [-0.15, -0.1) is 10.2 Å². The van der Waals surface area contributed by atoms with E-state index >= 15 is 0 Å². The molecule has 0 aromatic carbocycles. The maximum atomic E-state index is 5.25. The predicted octanol–water partition coefficient (Wildman–Crippen LogP) is 1.68. The van der Waals surface area contributed by atoms with Gasteiger partial charge >= 0.3 is 0 Å². The van der Waals surface area contributed by atoms with Crippen molar-refractivity contribution >= 4 is 32.9 Å². The Balaban J connectivity index is 2.09. The maximum absolute atomic E-state index is 5.25. The Morgan fingerprint density at radius 2 is 2.29 bits per heavy atom. The molecular weight excluding hydrogens is 258 g/mol. The molecule has 2 aromatic rings.